The van der Waals surface area contributed by atoms with Crippen LogP contribution in [0.2, 0.25) is 5.02 Å². The van der Waals surface area contributed by atoms with Gasteiger partial charge in [0.1, 0.15) is 5.75 Å². The van der Waals surface area contributed by atoms with E-state index >= 15 is 0 Å². The van der Waals surface area contributed by atoms with Crippen molar-refractivity contribution in [1.29, 1.82) is 0 Å². The highest BCUT2D eigenvalue weighted by molar-refractivity contribution is 7.80. The van der Waals surface area contributed by atoms with Crippen LogP contribution in [0.15, 0.2) is 42.5 Å². The summed E-state index contributed by atoms with van der Waals surface area (Å²) in [6.45, 7) is 3.32. The van der Waals surface area contributed by atoms with Crippen molar-refractivity contribution in [1.82, 2.24) is 10.2 Å². The molecule has 27 heavy (non-hydrogen) atoms. The van der Waals surface area contributed by atoms with Crippen molar-refractivity contribution in [3.63, 3.8) is 0 Å². The number of methoxy groups -OCH3 is 1. The molecule has 1 aliphatic heterocycles. The van der Waals surface area contributed by atoms with Crippen LogP contribution in [0.1, 0.15) is 28.8 Å². The van der Waals surface area contributed by atoms with Crippen LogP contribution in [-0.4, -0.2) is 36.1 Å². The lowest BCUT2D eigenvalue weighted by atomic mass is 10.2. The number of benzene rings is 2. The molecule has 2 N–H and O–H groups in total. The lowest BCUT2D eigenvalue weighted by Crippen LogP contribution is -2.34. The summed E-state index contributed by atoms with van der Waals surface area (Å²) in [5.41, 5.74) is 2.51. The van der Waals surface area contributed by atoms with E-state index in [1.807, 2.05) is 12.1 Å². The molecule has 0 aromatic heterocycles. The number of halogens is 1. The predicted octanol–water partition coefficient (Wildman–Crippen LogP) is 4.07. The lowest BCUT2D eigenvalue weighted by molar-refractivity contribution is 0.0977. The minimum absolute atomic E-state index is 0.235. The maximum atomic E-state index is 12.3. The van der Waals surface area contributed by atoms with Gasteiger partial charge < -0.3 is 10.1 Å². The zero-order valence-electron chi connectivity index (χ0n) is 15.1. The summed E-state index contributed by atoms with van der Waals surface area (Å²) in [7, 11) is 1.52. The van der Waals surface area contributed by atoms with E-state index < -0.39 is 0 Å². The third-order valence-corrected chi connectivity index (χ3v) is 4.96. The molecule has 1 aliphatic rings. The highest BCUT2D eigenvalue weighted by atomic mass is 35.5. The summed E-state index contributed by atoms with van der Waals surface area (Å²) in [6.07, 6.45) is 2.57. The van der Waals surface area contributed by atoms with Gasteiger partial charge >= 0.3 is 0 Å². The van der Waals surface area contributed by atoms with E-state index in [1.165, 1.54) is 38.6 Å². The van der Waals surface area contributed by atoms with Gasteiger partial charge in [-0.3, -0.25) is 15.0 Å². The van der Waals surface area contributed by atoms with Gasteiger partial charge in [0.2, 0.25) is 0 Å². The Balaban J connectivity index is 1.53. The number of likely N-dealkylation sites (tertiary alicyclic amines) is 1. The van der Waals surface area contributed by atoms with Crippen LogP contribution in [0.3, 0.4) is 0 Å². The second-order valence-electron chi connectivity index (χ2n) is 6.44. The van der Waals surface area contributed by atoms with Crippen molar-refractivity contribution >= 4 is 40.5 Å². The first kappa shape index (κ1) is 19.6. The van der Waals surface area contributed by atoms with Crippen molar-refractivity contribution in [2.75, 3.05) is 25.5 Å². The zero-order valence-corrected chi connectivity index (χ0v) is 16.7. The van der Waals surface area contributed by atoms with Crippen molar-refractivity contribution < 1.29 is 9.53 Å². The molecule has 1 fully saturated rings. The molecule has 1 saturated heterocycles. The minimum Gasteiger partial charge on any atom is -0.495 e. The Labute approximate surface area is 169 Å². The van der Waals surface area contributed by atoms with Crippen molar-refractivity contribution in [2.24, 2.45) is 0 Å². The highest BCUT2D eigenvalue weighted by Gasteiger charge is 2.12. The number of amides is 1. The van der Waals surface area contributed by atoms with E-state index in [4.69, 9.17) is 28.6 Å². The van der Waals surface area contributed by atoms with Crippen LogP contribution in [-0.2, 0) is 6.54 Å². The molecule has 0 saturated carbocycles. The van der Waals surface area contributed by atoms with Crippen LogP contribution in [0.5, 0.6) is 5.75 Å². The Morgan fingerprint density at radius 2 is 1.89 bits per heavy atom. The molecule has 1 heterocycles. The van der Waals surface area contributed by atoms with Crippen molar-refractivity contribution in [2.45, 2.75) is 19.4 Å². The third kappa shape index (κ3) is 5.42. The van der Waals surface area contributed by atoms with E-state index in [0.29, 0.717) is 16.3 Å². The molecule has 0 unspecified atom stereocenters. The fourth-order valence-corrected chi connectivity index (χ4v) is 3.51. The number of thiocarbonyl (C=S) groups is 1. The van der Waals surface area contributed by atoms with Gasteiger partial charge in [-0.25, -0.2) is 0 Å². The van der Waals surface area contributed by atoms with Crippen LogP contribution < -0.4 is 15.4 Å². The fourth-order valence-electron chi connectivity index (χ4n) is 3.04. The SMILES string of the molecule is COc1ccc(C(=O)NC(=S)Nc2ccc(CN3CCCC3)cc2)cc1Cl. The zero-order chi connectivity index (χ0) is 19.2. The Bertz CT molecular complexity index is 820. The average molecular weight is 404 g/mol. The maximum Gasteiger partial charge on any atom is 0.257 e. The van der Waals surface area contributed by atoms with E-state index in [-0.39, 0.29) is 11.0 Å². The second-order valence-corrected chi connectivity index (χ2v) is 7.25. The normalized spacial score (nSPS) is 14.0. The summed E-state index contributed by atoms with van der Waals surface area (Å²) >= 11 is 11.3. The van der Waals surface area contributed by atoms with Crippen molar-refractivity contribution in [3.8, 4) is 5.75 Å². The lowest BCUT2D eigenvalue weighted by Gasteiger charge is -2.15. The summed E-state index contributed by atoms with van der Waals surface area (Å²) in [6, 6.07) is 12.9. The molecule has 142 valence electrons. The van der Waals surface area contributed by atoms with E-state index in [2.05, 4.69) is 27.7 Å². The summed E-state index contributed by atoms with van der Waals surface area (Å²) < 4.78 is 5.09. The number of nitrogens with one attached hydrogen (secondary N) is 2. The molecule has 7 heteroatoms. The number of nitrogens with zero attached hydrogens (tertiary/aromatic N) is 1. The first-order chi connectivity index (χ1) is 13.0. The van der Waals surface area contributed by atoms with Crippen LogP contribution in [0.4, 0.5) is 5.69 Å². The van der Waals surface area contributed by atoms with Crippen molar-refractivity contribution in [3.05, 3.63) is 58.6 Å². The maximum absolute atomic E-state index is 12.3. The number of rotatable bonds is 5. The first-order valence-corrected chi connectivity index (χ1v) is 9.61. The van der Waals surface area contributed by atoms with Gasteiger partial charge in [-0.1, -0.05) is 23.7 Å². The Hall–Kier alpha value is -2.15. The molecule has 2 aromatic carbocycles. The fraction of sp³-hybridized carbons (Fsp3) is 0.300. The van der Waals surface area contributed by atoms with Gasteiger partial charge in [0.25, 0.3) is 5.91 Å². The number of carbonyl (C=O) groups excluding carboxylic acids is 1. The quantitative estimate of drug-likeness (QED) is 0.737. The largest absolute Gasteiger partial charge is 0.495 e. The molecule has 0 bridgehead atoms. The van der Waals surface area contributed by atoms with Gasteiger partial charge in [-0.15, -0.1) is 0 Å². The molecular formula is C20H22ClN3O2S. The monoisotopic (exact) mass is 403 g/mol. The van der Waals surface area contributed by atoms with Gasteiger partial charge in [0, 0.05) is 17.8 Å². The molecule has 1 amide bonds. The van der Waals surface area contributed by atoms with E-state index in [0.717, 1.165) is 12.2 Å². The number of hydrogen-bond donors (Lipinski definition) is 2. The summed E-state index contributed by atoms with van der Waals surface area (Å²) in [5, 5.41) is 6.29. The van der Waals surface area contributed by atoms with E-state index in [1.54, 1.807) is 18.2 Å². The van der Waals surface area contributed by atoms with E-state index in [9.17, 15) is 4.79 Å². The number of carbonyl (C=O) groups is 1. The molecule has 0 spiro atoms. The topological polar surface area (TPSA) is 53.6 Å². The standard InChI is InChI=1S/C20H22ClN3O2S/c1-26-18-9-6-15(12-17(18)21)19(25)23-20(27)22-16-7-4-14(5-8-16)13-24-10-2-3-11-24/h4-9,12H,2-3,10-11,13H2,1H3,(H2,22,23,25,27). The molecule has 2 aromatic rings. The molecule has 3 rings (SSSR count). The van der Waals surface area contributed by atoms with Crippen LogP contribution >= 0.6 is 23.8 Å². The Kier molecular flexibility index (Phi) is 6.66. The van der Waals surface area contributed by atoms with Gasteiger partial charge in [-0.2, -0.15) is 0 Å². The number of hydrogen-bond acceptors (Lipinski definition) is 4. The summed E-state index contributed by atoms with van der Waals surface area (Å²) in [5.74, 6) is 0.186. The highest BCUT2D eigenvalue weighted by Crippen LogP contribution is 2.24. The second kappa shape index (κ2) is 9.17. The van der Waals surface area contributed by atoms with Gasteiger partial charge in [0.05, 0.1) is 12.1 Å². The average Bonchev–Trinajstić information content (AvgIpc) is 3.16. The first-order valence-electron chi connectivity index (χ1n) is 8.82. The smallest absolute Gasteiger partial charge is 0.257 e. The van der Waals surface area contributed by atoms with Gasteiger partial charge in [0.15, 0.2) is 5.11 Å². The van der Waals surface area contributed by atoms with Gasteiger partial charge in [-0.05, 0) is 74.0 Å². The Morgan fingerprint density at radius 1 is 1.19 bits per heavy atom. The number of ether oxygens (including phenoxy) is 1. The molecule has 0 aliphatic carbocycles. The molecule has 5 nitrogen and oxygen atoms in total. The Morgan fingerprint density at radius 3 is 2.52 bits per heavy atom. The molecule has 0 atom stereocenters. The van der Waals surface area contributed by atoms with Crippen LogP contribution in [0.25, 0.3) is 0 Å². The molecular weight excluding hydrogens is 382 g/mol. The third-order valence-electron chi connectivity index (χ3n) is 4.46. The predicted molar refractivity (Wildman–Crippen MR) is 113 cm³/mol. The molecule has 0 radical (unpaired) electrons. The minimum atomic E-state index is -0.331. The van der Waals surface area contributed by atoms with Crippen LogP contribution in [0, 0.1) is 0 Å². The number of anilines is 1. The summed E-state index contributed by atoms with van der Waals surface area (Å²) in [4.78, 5) is 14.8.